The van der Waals surface area contributed by atoms with Gasteiger partial charge in [0.25, 0.3) is 5.91 Å². The van der Waals surface area contributed by atoms with E-state index in [0.717, 1.165) is 16.7 Å². The molecule has 2 unspecified atom stereocenters. The Bertz CT molecular complexity index is 1260. The maximum absolute atomic E-state index is 14.2. The molecule has 0 radical (unpaired) electrons. The molecule has 2 rings (SSSR count). The van der Waals surface area contributed by atoms with E-state index < -0.39 is 53.5 Å². The minimum Gasteiger partial charge on any atom is -0.444 e. The fraction of sp³-hybridized carbons (Fsp3) is 0.467. The average molecular weight is 573 g/mol. The number of primary amides is 1. The molecule has 4 N–H and O–H groups in total. The van der Waals surface area contributed by atoms with Gasteiger partial charge in [-0.25, -0.2) is 4.79 Å². The molecule has 0 bridgehead atoms. The number of rotatable bonds is 8. The van der Waals surface area contributed by atoms with Gasteiger partial charge in [-0.15, -0.1) is 0 Å². The summed E-state index contributed by atoms with van der Waals surface area (Å²) in [7, 11) is 0. The Morgan fingerprint density at radius 3 is 2.08 bits per heavy atom. The van der Waals surface area contributed by atoms with Crippen LogP contribution in [0.2, 0.25) is 5.02 Å². The number of nitrogens with two attached hydrogens (primary N) is 1. The molecular formula is C30H41ClN4O5. The molecule has 0 saturated heterocycles. The molecule has 4 amide bonds. The van der Waals surface area contributed by atoms with Gasteiger partial charge in [0.2, 0.25) is 11.8 Å². The van der Waals surface area contributed by atoms with E-state index in [1.54, 1.807) is 59.7 Å². The van der Waals surface area contributed by atoms with Crippen molar-refractivity contribution in [2.24, 2.45) is 5.73 Å². The number of nitrogens with one attached hydrogen (secondary N) is 2. The molecular weight excluding hydrogens is 532 g/mol. The molecule has 2 aromatic carbocycles. The first-order chi connectivity index (χ1) is 18.3. The van der Waals surface area contributed by atoms with Crippen LogP contribution in [0.15, 0.2) is 36.4 Å². The molecule has 2 atom stereocenters. The number of halogens is 1. The van der Waals surface area contributed by atoms with E-state index >= 15 is 0 Å². The number of ether oxygens (including phenoxy) is 1. The lowest BCUT2D eigenvalue weighted by Crippen LogP contribution is -2.58. The van der Waals surface area contributed by atoms with Crippen molar-refractivity contribution in [2.75, 3.05) is 5.32 Å². The van der Waals surface area contributed by atoms with E-state index in [-0.39, 0.29) is 0 Å². The average Bonchev–Trinajstić information content (AvgIpc) is 2.78. The maximum Gasteiger partial charge on any atom is 0.408 e. The Labute approximate surface area is 241 Å². The van der Waals surface area contributed by atoms with E-state index in [2.05, 4.69) is 10.6 Å². The van der Waals surface area contributed by atoms with E-state index in [0.29, 0.717) is 16.3 Å². The quantitative estimate of drug-likeness (QED) is 0.393. The highest BCUT2D eigenvalue weighted by Gasteiger charge is 2.42. The number of carbonyl (C=O) groups excluding carboxylic acids is 4. The zero-order chi connectivity index (χ0) is 30.6. The summed E-state index contributed by atoms with van der Waals surface area (Å²) in [6, 6.07) is 8.21. The monoisotopic (exact) mass is 572 g/mol. The lowest BCUT2D eigenvalue weighted by Gasteiger charge is -2.43. The van der Waals surface area contributed by atoms with E-state index in [1.165, 1.54) is 4.90 Å². The predicted molar refractivity (Wildman–Crippen MR) is 157 cm³/mol. The number of benzene rings is 2. The van der Waals surface area contributed by atoms with Gasteiger partial charge in [0.05, 0.1) is 17.1 Å². The molecule has 0 aliphatic heterocycles. The van der Waals surface area contributed by atoms with E-state index in [9.17, 15) is 19.2 Å². The Morgan fingerprint density at radius 2 is 1.57 bits per heavy atom. The first kappa shape index (κ1) is 32.6. The van der Waals surface area contributed by atoms with Crippen molar-refractivity contribution in [3.05, 3.63) is 63.7 Å². The van der Waals surface area contributed by atoms with Crippen LogP contribution in [-0.4, -0.2) is 45.9 Å². The smallest absolute Gasteiger partial charge is 0.408 e. The fourth-order valence-electron chi connectivity index (χ4n) is 4.20. The standard InChI is InChI=1S/C30H41ClN4O5/c1-17-13-14-20(15-19(17)3)25(26(37)34-24-18(2)11-10-12-21(24)31)35(29(4,5)6)27(38)22(16-23(32)36)33-28(39)40-30(7,8)9/h10-15,22,25H,16H2,1-9H3,(H2,32,36)(H,33,39)(H,34,37). The molecule has 0 aliphatic rings. The molecule has 0 saturated carbocycles. The molecule has 218 valence electrons. The third kappa shape index (κ3) is 8.71. The highest BCUT2D eigenvalue weighted by molar-refractivity contribution is 6.34. The van der Waals surface area contributed by atoms with Crippen molar-refractivity contribution < 1.29 is 23.9 Å². The van der Waals surface area contributed by atoms with Gasteiger partial charge < -0.3 is 26.0 Å². The largest absolute Gasteiger partial charge is 0.444 e. The molecule has 0 fully saturated rings. The van der Waals surface area contributed by atoms with Crippen molar-refractivity contribution in [3.8, 4) is 0 Å². The third-order valence-electron chi connectivity index (χ3n) is 6.18. The zero-order valence-corrected chi connectivity index (χ0v) is 25.5. The molecule has 0 heterocycles. The minimum absolute atomic E-state index is 0.346. The second-order valence-electron chi connectivity index (χ2n) is 11.9. The van der Waals surface area contributed by atoms with Crippen molar-refractivity contribution in [2.45, 2.75) is 92.0 Å². The molecule has 0 aliphatic carbocycles. The van der Waals surface area contributed by atoms with Crippen LogP contribution >= 0.6 is 11.6 Å². The predicted octanol–water partition coefficient (Wildman–Crippen LogP) is 5.34. The highest BCUT2D eigenvalue weighted by Crippen LogP contribution is 2.34. The molecule has 2 aromatic rings. The number of alkyl carbamates (subject to hydrolysis) is 1. The van der Waals surface area contributed by atoms with Crippen molar-refractivity contribution in [1.82, 2.24) is 10.2 Å². The maximum atomic E-state index is 14.2. The van der Waals surface area contributed by atoms with Crippen LogP contribution < -0.4 is 16.4 Å². The van der Waals surface area contributed by atoms with Gasteiger partial charge in [0, 0.05) is 5.54 Å². The number of amides is 4. The van der Waals surface area contributed by atoms with Crippen LogP contribution in [0.25, 0.3) is 0 Å². The lowest BCUT2D eigenvalue weighted by molar-refractivity contribution is -0.147. The Balaban J connectivity index is 2.68. The van der Waals surface area contributed by atoms with Crippen LogP contribution in [0.3, 0.4) is 0 Å². The number of para-hydroxylation sites is 1. The summed E-state index contributed by atoms with van der Waals surface area (Å²) >= 11 is 6.41. The van der Waals surface area contributed by atoms with Gasteiger partial charge in [-0.2, -0.15) is 0 Å². The lowest BCUT2D eigenvalue weighted by atomic mass is 9.93. The summed E-state index contributed by atoms with van der Waals surface area (Å²) in [6.45, 7) is 16.0. The van der Waals surface area contributed by atoms with Gasteiger partial charge in [-0.1, -0.05) is 41.9 Å². The van der Waals surface area contributed by atoms with Gasteiger partial charge in [0.15, 0.2) is 0 Å². The summed E-state index contributed by atoms with van der Waals surface area (Å²) in [5.41, 5.74) is 7.32. The zero-order valence-electron chi connectivity index (χ0n) is 24.8. The van der Waals surface area contributed by atoms with E-state index in [4.69, 9.17) is 22.1 Å². The van der Waals surface area contributed by atoms with Crippen LogP contribution in [0.1, 0.15) is 76.3 Å². The number of nitrogens with zero attached hydrogens (tertiary/aromatic N) is 1. The van der Waals surface area contributed by atoms with Crippen molar-refractivity contribution >= 4 is 41.1 Å². The van der Waals surface area contributed by atoms with Gasteiger partial charge in [-0.3, -0.25) is 14.4 Å². The van der Waals surface area contributed by atoms with Crippen LogP contribution in [-0.2, 0) is 19.1 Å². The van der Waals surface area contributed by atoms with Crippen molar-refractivity contribution in [1.29, 1.82) is 0 Å². The SMILES string of the molecule is Cc1ccc(C(C(=O)Nc2c(C)cccc2Cl)N(C(=O)C(CC(N)=O)NC(=O)OC(C)(C)C)C(C)(C)C)cc1C. The third-order valence-corrected chi connectivity index (χ3v) is 6.49. The summed E-state index contributed by atoms with van der Waals surface area (Å²) in [6.07, 6.45) is -1.38. The van der Waals surface area contributed by atoms with Gasteiger partial charge in [0.1, 0.15) is 17.7 Å². The number of anilines is 1. The number of carbonyl (C=O) groups is 4. The molecule has 40 heavy (non-hydrogen) atoms. The molecule has 9 nitrogen and oxygen atoms in total. The number of hydrogen-bond donors (Lipinski definition) is 3. The Kier molecular flexibility index (Phi) is 10.4. The highest BCUT2D eigenvalue weighted by atomic mass is 35.5. The topological polar surface area (TPSA) is 131 Å². The molecule has 0 aromatic heterocycles. The summed E-state index contributed by atoms with van der Waals surface area (Å²) in [5.74, 6) is -1.99. The first-order valence-electron chi connectivity index (χ1n) is 13.1. The normalized spacial score (nSPS) is 13.2. The fourth-order valence-corrected chi connectivity index (χ4v) is 4.47. The summed E-state index contributed by atoms with van der Waals surface area (Å²) in [5, 5.41) is 5.73. The Morgan fingerprint density at radius 1 is 0.950 bits per heavy atom. The van der Waals surface area contributed by atoms with Gasteiger partial charge >= 0.3 is 6.09 Å². The second kappa shape index (κ2) is 12.7. The first-order valence-corrected chi connectivity index (χ1v) is 13.4. The van der Waals surface area contributed by atoms with E-state index in [1.807, 2.05) is 39.0 Å². The Hall–Kier alpha value is -3.59. The van der Waals surface area contributed by atoms with Crippen LogP contribution in [0.4, 0.5) is 10.5 Å². The van der Waals surface area contributed by atoms with Gasteiger partial charge in [-0.05, 0) is 90.6 Å². The summed E-state index contributed by atoms with van der Waals surface area (Å²) in [4.78, 5) is 54.3. The second-order valence-corrected chi connectivity index (χ2v) is 12.3. The molecule has 0 spiro atoms. The minimum atomic E-state index is -1.38. The summed E-state index contributed by atoms with van der Waals surface area (Å²) < 4.78 is 5.33. The van der Waals surface area contributed by atoms with Crippen molar-refractivity contribution in [3.63, 3.8) is 0 Å². The molecule has 10 heteroatoms. The number of aryl methyl sites for hydroxylation is 3. The number of hydrogen-bond acceptors (Lipinski definition) is 5. The van der Waals surface area contributed by atoms with Crippen LogP contribution in [0.5, 0.6) is 0 Å². The van der Waals surface area contributed by atoms with Crippen LogP contribution in [0, 0.1) is 20.8 Å².